The SMILES string of the molecule is CC(C)N(CC1CCNCC1)c1ccc(C(N)=O)cc1Cl. The number of piperidine rings is 1. The third-order valence-corrected chi connectivity index (χ3v) is 4.38. The summed E-state index contributed by atoms with van der Waals surface area (Å²) >= 11 is 6.37. The van der Waals surface area contributed by atoms with E-state index in [1.54, 1.807) is 12.1 Å². The Morgan fingerprint density at radius 1 is 1.43 bits per heavy atom. The lowest BCUT2D eigenvalue weighted by molar-refractivity contribution is 0.100. The van der Waals surface area contributed by atoms with E-state index in [0.717, 1.165) is 25.3 Å². The van der Waals surface area contributed by atoms with E-state index in [1.807, 2.05) is 6.07 Å². The normalized spacial score (nSPS) is 16.2. The van der Waals surface area contributed by atoms with Crippen LogP contribution in [0.15, 0.2) is 18.2 Å². The lowest BCUT2D eigenvalue weighted by Crippen LogP contribution is -2.39. The summed E-state index contributed by atoms with van der Waals surface area (Å²) in [6.07, 6.45) is 2.39. The topological polar surface area (TPSA) is 58.4 Å². The summed E-state index contributed by atoms with van der Waals surface area (Å²) in [5.74, 6) is 0.235. The Kier molecular flexibility index (Phi) is 5.48. The third-order valence-electron chi connectivity index (χ3n) is 4.08. The van der Waals surface area contributed by atoms with Crippen LogP contribution in [0.5, 0.6) is 0 Å². The molecule has 0 spiro atoms. The fraction of sp³-hybridized carbons (Fsp3) is 0.562. The summed E-state index contributed by atoms with van der Waals surface area (Å²) in [4.78, 5) is 13.6. The maximum absolute atomic E-state index is 11.2. The Morgan fingerprint density at radius 3 is 2.62 bits per heavy atom. The minimum absolute atomic E-state index is 0.358. The van der Waals surface area contributed by atoms with Crippen LogP contribution in [0.3, 0.4) is 0 Å². The van der Waals surface area contributed by atoms with Gasteiger partial charge in [0.1, 0.15) is 0 Å². The molecule has 0 atom stereocenters. The van der Waals surface area contributed by atoms with Gasteiger partial charge in [-0.15, -0.1) is 0 Å². The highest BCUT2D eigenvalue weighted by molar-refractivity contribution is 6.33. The zero-order valence-corrected chi connectivity index (χ0v) is 13.5. The smallest absolute Gasteiger partial charge is 0.248 e. The van der Waals surface area contributed by atoms with Gasteiger partial charge < -0.3 is 16.0 Å². The van der Waals surface area contributed by atoms with Crippen LogP contribution in [0, 0.1) is 5.92 Å². The van der Waals surface area contributed by atoms with Gasteiger partial charge in [0.05, 0.1) is 10.7 Å². The van der Waals surface area contributed by atoms with Gasteiger partial charge in [0, 0.05) is 18.2 Å². The molecule has 0 bridgehead atoms. The Labute approximate surface area is 131 Å². The van der Waals surface area contributed by atoms with Gasteiger partial charge in [-0.1, -0.05) is 11.6 Å². The number of carbonyl (C=O) groups excluding carboxylic acids is 1. The van der Waals surface area contributed by atoms with Gasteiger partial charge in [0.2, 0.25) is 5.91 Å². The van der Waals surface area contributed by atoms with Gasteiger partial charge in [-0.2, -0.15) is 0 Å². The van der Waals surface area contributed by atoms with Gasteiger partial charge in [-0.05, 0) is 63.9 Å². The van der Waals surface area contributed by atoms with Crippen molar-refractivity contribution in [3.63, 3.8) is 0 Å². The summed E-state index contributed by atoms with van der Waals surface area (Å²) in [7, 11) is 0. The van der Waals surface area contributed by atoms with E-state index >= 15 is 0 Å². The number of nitrogens with zero attached hydrogens (tertiary/aromatic N) is 1. The molecule has 2 rings (SSSR count). The van der Waals surface area contributed by atoms with E-state index in [0.29, 0.717) is 22.5 Å². The molecule has 4 nitrogen and oxygen atoms in total. The number of nitrogens with one attached hydrogen (secondary N) is 1. The van der Waals surface area contributed by atoms with Crippen LogP contribution >= 0.6 is 11.6 Å². The molecule has 1 fully saturated rings. The first-order valence-corrected chi connectivity index (χ1v) is 7.93. The molecule has 0 radical (unpaired) electrons. The highest BCUT2D eigenvalue weighted by Gasteiger charge is 2.21. The predicted molar refractivity (Wildman–Crippen MR) is 88.0 cm³/mol. The van der Waals surface area contributed by atoms with Crippen molar-refractivity contribution in [2.45, 2.75) is 32.7 Å². The minimum atomic E-state index is -0.446. The fourth-order valence-electron chi connectivity index (χ4n) is 2.82. The number of halogens is 1. The molecule has 116 valence electrons. The molecule has 1 saturated heterocycles. The largest absolute Gasteiger partial charge is 0.368 e. The van der Waals surface area contributed by atoms with Crippen molar-refractivity contribution in [2.75, 3.05) is 24.5 Å². The zero-order chi connectivity index (χ0) is 15.4. The van der Waals surface area contributed by atoms with Gasteiger partial charge in [0.15, 0.2) is 0 Å². The first kappa shape index (κ1) is 16.1. The third kappa shape index (κ3) is 4.11. The number of benzene rings is 1. The first-order valence-electron chi connectivity index (χ1n) is 7.55. The standard InChI is InChI=1S/C16H24ClN3O/c1-11(2)20(10-12-5-7-19-8-6-12)15-4-3-13(16(18)21)9-14(15)17/h3-4,9,11-12,19H,5-8,10H2,1-2H3,(H2,18,21). The van der Waals surface area contributed by atoms with E-state index in [1.165, 1.54) is 12.8 Å². The molecule has 0 unspecified atom stereocenters. The van der Waals surface area contributed by atoms with Crippen LogP contribution in [-0.4, -0.2) is 31.6 Å². The van der Waals surface area contributed by atoms with Gasteiger partial charge in [0.25, 0.3) is 0 Å². The molecule has 1 heterocycles. The Morgan fingerprint density at radius 2 is 2.10 bits per heavy atom. The average molecular weight is 310 g/mol. The maximum Gasteiger partial charge on any atom is 0.248 e. The summed E-state index contributed by atoms with van der Waals surface area (Å²) in [5.41, 5.74) is 6.73. The van der Waals surface area contributed by atoms with Crippen molar-refractivity contribution in [3.05, 3.63) is 28.8 Å². The molecule has 0 aliphatic carbocycles. The monoisotopic (exact) mass is 309 g/mol. The Balaban J connectivity index is 2.19. The van der Waals surface area contributed by atoms with E-state index in [9.17, 15) is 4.79 Å². The number of nitrogens with two attached hydrogens (primary N) is 1. The highest BCUT2D eigenvalue weighted by atomic mass is 35.5. The summed E-state index contributed by atoms with van der Waals surface area (Å²) in [6, 6.07) is 5.68. The van der Waals surface area contributed by atoms with E-state index in [2.05, 4.69) is 24.1 Å². The number of primary amides is 1. The maximum atomic E-state index is 11.2. The number of hydrogen-bond donors (Lipinski definition) is 2. The zero-order valence-electron chi connectivity index (χ0n) is 12.7. The van der Waals surface area contributed by atoms with Crippen molar-refractivity contribution in [2.24, 2.45) is 11.7 Å². The number of carbonyl (C=O) groups is 1. The molecule has 1 aliphatic heterocycles. The highest BCUT2D eigenvalue weighted by Crippen LogP contribution is 2.30. The van der Waals surface area contributed by atoms with Crippen molar-refractivity contribution in [1.29, 1.82) is 0 Å². The van der Waals surface area contributed by atoms with Gasteiger partial charge in [-0.3, -0.25) is 4.79 Å². The van der Waals surface area contributed by atoms with Crippen LogP contribution in [0.2, 0.25) is 5.02 Å². The molecule has 1 aromatic carbocycles. The minimum Gasteiger partial charge on any atom is -0.368 e. The van der Waals surface area contributed by atoms with Crippen molar-refractivity contribution < 1.29 is 4.79 Å². The Hall–Kier alpha value is -1.26. The number of rotatable bonds is 5. The fourth-order valence-corrected chi connectivity index (χ4v) is 3.11. The number of hydrogen-bond acceptors (Lipinski definition) is 3. The second kappa shape index (κ2) is 7.14. The summed E-state index contributed by atoms with van der Waals surface area (Å²) < 4.78 is 0. The number of amides is 1. The molecule has 0 aromatic heterocycles. The molecule has 21 heavy (non-hydrogen) atoms. The quantitative estimate of drug-likeness (QED) is 0.879. The van der Waals surface area contributed by atoms with Crippen LogP contribution in [0.25, 0.3) is 0 Å². The van der Waals surface area contributed by atoms with Gasteiger partial charge >= 0.3 is 0 Å². The average Bonchev–Trinajstić information content (AvgIpc) is 2.46. The lowest BCUT2D eigenvalue weighted by atomic mass is 9.96. The molecule has 1 aliphatic rings. The van der Waals surface area contributed by atoms with Crippen molar-refractivity contribution in [3.8, 4) is 0 Å². The van der Waals surface area contributed by atoms with Gasteiger partial charge in [-0.25, -0.2) is 0 Å². The summed E-state index contributed by atoms with van der Waals surface area (Å²) in [5, 5.41) is 3.98. The first-order chi connectivity index (χ1) is 9.99. The van der Waals surface area contributed by atoms with Crippen LogP contribution in [0.1, 0.15) is 37.0 Å². The lowest BCUT2D eigenvalue weighted by Gasteiger charge is -2.35. The predicted octanol–water partition coefficient (Wildman–Crippen LogP) is 2.65. The van der Waals surface area contributed by atoms with Crippen molar-refractivity contribution in [1.82, 2.24) is 5.32 Å². The molecule has 0 saturated carbocycles. The second-order valence-corrected chi connectivity index (χ2v) is 6.38. The van der Waals surface area contributed by atoms with Crippen LogP contribution in [0.4, 0.5) is 5.69 Å². The van der Waals surface area contributed by atoms with Crippen LogP contribution in [-0.2, 0) is 0 Å². The molecule has 1 aromatic rings. The Bertz CT molecular complexity index is 498. The van der Waals surface area contributed by atoms with Crippen LogP contribution < -0.4 is 16.0 Å². The second-order valence-electron chi connectivity index (χ2n) is 5.97. The molecular weight excluding hydrogens is 286 g/mol. The number of anilines is 1. The van der Waals surface area contributed by atoms with E-state index in [4.69, 9.17) is 17.3 Å². The molecule has 5 heteroatoms. The van der Waals surface area contributed by atoms with E-state index < -0.39 is 5.91 Å². The summed E-state index contributed by atoms with van der Waals surface area (Å²) in [6.45, 7) is 7.50. The molecule has 1 amide bonds. The van der Waals surface area contributed by atoms with Crippen molar-refractivity contribution >= 4 is 23.2 Å². The molecule has 3 N–H and O–H groups in total. The van der Waals surface area contributed by atoms with E-state index in [-0.39, 0.29) is 0 Å². The molecular formula is C16H24ClN3O.